The van der Waals surface area contributed by atoms with E-state index in [2.05, 4.69) is 4.98 Å². The van der Waals surface area contributed by atoms with Crippen LogP contribution in [0.5, 0.6) is 0 Å². The van der Waals surface area contributed by atoms with Crippen LogP contribution in [0.2, 0.25) is 0 Å². The van der Waals surface area contributed by atoms with Crippen molar-refractivity contribution in [2.45, 2.75) is 6.42 Å². The van der Waals surface area contributed by atoms with Crippen LogP contribution in [0.1, 0.15) is 16.8 Å². The first kappa shape index (κ1) is 18.4. The van der Waals surface area contributed by atoms with Gasteiger partial charge in [-0.1, -0.05) is 17.4 Å². The number of nitrogens with zero attached hydrogens (tertiary/aromatic N) is 3. The first-order valence-corrected chi connectivity index (χ1v) is 9.04. The number of hydrogen-bond donors (Lipinski definition) is 0. The molecule has 0 aliphatic rings. The van der Waals surface area contributed by atoms with E-state index in [0.29, 0.717) is 21.9 Å². The number of benzene rings is 2. The van der Waals surface area contributed by atoms with Gasteiger partial charge in [0, 0.05) is 12.1 Å². The molecule has 0 aliphatic carbocycles. The van der Waals surface area contributed by atoms with Gasteiger partial charge in [0.05, 0.1) is 10.2 Å². The highest BCUT2D eigenvalue weighted by atomic mass is 32.1. The minimum absolute atomic E-state index is 0.264. The molecule has 0 unspecified atom stereocenters. The molecule has 3 rings (SSSR count). The van der Waals surface area contributed by atoms with Gasteiger partial charge in [0.15, 0.2) is 5.13 Å². The fourth-order valence-corrected chi connectivity index (χ4v) is 3.62. The van der Waals surface area contributed by atoms with Crippen molar-refractivity contribution in [1.29, 1.82) is 0 Å². The predicted molar refractivity (Wildman–Crippen MR) is 101 cm³/mol. The zero-order valence-corrected chi connectivity index (χ0v) is 15.4. The summed E-state index contributed by atoms with van der Waals surface area (Å²) in [7, 11) is 3.92. The number of aromatic nitrogens is 1. The van der Waals surface area contributed by atoms with E-state index >= 15 is 0 Å². The third kappa shape index (κ3) is 4.23. The lowest BCUT2D eigenvalue weighted by Crippen LogP contribution is -2.33. The Bertz CT molecular complexity index is 926. The largest absolute Gasteiger partial charge is 0.309 e. The van der Waals surface area contributed by atoms with E-state index in [1.54, 1.807) is 17.0 Å². The van der Waals surface area contributed by atoms with Crippen LogP contribution >= 0.6 is 11.3 Å². The average Bonchev–Trinajstić information content (AvgIpc) is 3.00. The quantitative estimate of drug-likeness (QED) is 0.649. The van der Waals surface area contributed by atoms with Crippen LogP contribution in [0.3, 0.4) is 0 Å². The van der Waals surface area contributed by atoms with Gasteiger partial charge < -0.3 is 4.90 Å². The molecule has 1 aromatic heterocycles. The highest BCUT2D eigenvalue weighted by Crippen LogP contribution is 2.30. The van der Waals surface area contributed by atoms with Crippen LogP contribution in [0.4, 0.5) is 13.9 Å². The van der Waals surface area contributed by atoms with Crippen molar-refractivity contribution in [3.63, 3.8) is 0 Å². The number of rotatable bonds is 6. The fraction of sp³-hybridized carbons (Fsp3) is 0.263. The molecule has 0 spiro atoms. The van der Waals surface area contributed by atoms with E-state index < -0.39 is 5.82 Å². The van der Waals surface area contributed by atoms with Gasteiger partial charge in [-0.05, 0) is 63.5 Å². The molecule has 26 heavy (non-hydrogen) atoms. The van der Waals surface area contributed by atoms with Crippen LogP contribution in [-0.4, -0.2) is 43.0 Å². The maximum atomic E-state index is 13.5. The van der Waals surface area contributed by atoms with Gasteiger partial charge in [0.25, 0.3) is 5.91 Å². The topological polar surface area (TPSA) is 36.4 Å². The number of amides is 1. The third-order valence-corrected chi connectivity index (χ3v) is 4.92. The van der Waals surface area contributed by atoms with Gasteiger partial charge in [-0.15, -0.1) is 0 Å². The molecular formula is C19H19F2N3OS. The molecule has 3 aromatic rings. The molecular weight excluding hydrogens is 356 g/mol. The second kappa shape index (κ2) is 7.88. The predicted octanol–water partition coefficient (Wildman–Crippen LogP) is 4.17. The first-order chi connectivity index (χ1) is 12.4. The zero-order chi connectivity index (χ0) is 18.7. The summed E-state index contributed by atoms with van der Waals surface area (Å²) in [5.41, 5.74) is 0.899. The highest BCUT2D eigenvalue weighted by Gasteiger charge is 2.21. The van der Waals surface area contributed by atoms with Crippen molar-refractivity contribution < 1.29 is 13.6 Å². The summed E-state index contributed by atoms with van der Waals surface area (Å²) < 4.78 is 27.7. The summed E-state index contributed by atoms with van der Waals surface area (Å²) in [6.45, 7) is 1.24. The number of carbonyl (C=O) groups is 1. The number of fused-ring (bicyclic) bond motifs is 1. The van der Waals surface area contributed by atoms with E-state index in [-0.39, 0.29) is 17.3 Å². The smallest absolute Gasteiger partial charge is 0.260 e. The minimum atomic E-state index is -0.463. The van der Waals surface area contributed by atoms with Gasteiger partial charge in [-0.3, -0.25) is 9.69 Å². The van der Waals surface area contributed by atoms with Crippen molar-refractivity contribution in [2.75, 3.05) is 32.1 Å². The van der Waals surface area contributed by atoms with Crippen LogP contribution in [0.25, 0.3) is 10.2 Å². The fourth-order valence-electron chi connectivity index (χ4n) is 2.61. The Kier molecular flexibility index (Phi) is 5.58. The molecule has 0 saturated heterocycles. The zero-order valence-electron chi connectivity index (χ0n) is 14.6. The molecule has 0 bridgehead atoms. The van der Waals surface area contributed by atoms with Gasteiger partial charge in [0.1, 0.15) is 11.6 Å². The molecule has 2 aromatic carbocycles. The number of hydrogen-bond acceptors (Lipinski definition) is 4. The summed E-state index contributed by atoms with van der Waals surface area (Å²) >= 11 is 1.25. The summed E-state index contributed by atoms with van der Waals surface area (Å²) in [6, 6.07) is 9.95. The van der Waals surface area contributed by atoms with Crippen molar-refractivity contribution in [3.8, 4) is 0 Å². The molecule has 136 valence electrons. The van der Waals surface area contributed by atoms with E-state index in [9.17, 15) is 13.6 Å². The average molecular weight is 375 g/mol. The minimum Gasteiger partial charge on any atom is -0.309 e. The van der Waals surface area contributed by atoms with Crippen LogP contribution in [0, 0.1) is 11.6 Å². The summed E-state index contributed by atoms with van der Waals surface area (Å²) in [4.78, 5) is 21.0. The van der Waals surface area contributed by atoms with E-state index in [4.69, 9.17) is 0 Å². The lowest BCUT2D eigenvalue weighted by Gasteiger charge is -2.21. The van der Waals surface area contributed by atoms with Gasteiger partial charge in [0.2, 0.25) is 0 Å². The standard InChI is InChI=1S/C19H19F2N3OS/c1-23(2)9-4-10-24(18(25)13-5-3-6-14(20)11-13)19-22-16-8-7-15(21)12-17(16)26-19/h3,5-8,11-12H,4,9-10H2,1-2H3. The van der Waals surface area contributed by atoms with E-state index in [1.165, 1.54) is 41.7 Å². The highest BCUT2D eigenvalue weighted by molar-refractivity contribution is 7.22. The molecule has 0 saturated carbocycles. The Balaban J connectivity index is 1.94. The normalized spacial score (nSPS) is 11.3. The Morgan fingerprint density at radius 3 is 2.58 bits per heavy atom. The lowest BCUT2D eigenvalue weighted by atomic mass is 10.2. The Morgan fingerprint density at radius 1 is 1.08 bits per heavy atom. The number of carbonyl (C=O) groups excluding carboxylic acids is 1. The Morgan fingerprint density at radius 2 is 1.85 bits per heavy atom. The van der Waals surface area contributed by atoms with Crippen LogP contribution in [0.15, 0.2) is 42.5 Å². The molecule has 0 fully saturated rings. The molecule has 0 atom stereocenters. The van der Waals surface area contributed by atoms with Crippen LogP contribution in [-0.2, 0) is 0 Å². The van der Waals surface area contributed by atoms with Crippen molar-refractivity contribution >= 4 is 32.6 Å². The molecule has 1 amide bonds. The molecule has 1 heterocycles. The molecule has 7 heteroatoms. The van der Waals surface area contributed by atoms with Crippen molar-refractivity contribution in [2.24, 2.45) is 0 Å². The van der Waals surface area contributed by atoms with Crippen LogP contribution < -0.4 is 4.90 Å². The summed E-state index contributed by atoms with van der Waals surface area (Å²) in [5, 5.41) is 0.485. The second-order valence-electron chi connectivity index (χ2n) is 6.23. The number of anilines is 1. The lowest BCUT2D eigenvalue weighted by molar-refractivity contribution is 0.0985. The summed E-state index contributed by atoms with van der Waals surface area (Å²) in [5.74, 6) is -1.12. The molecule has 0 N–H and O–H groups in total. The third-order valence-electron chi connectivity index (χ3n) is 3.87. The van der Waals surface area contributed by atoms with Gasteiger partial charge >= 0.3 is 0 Å². The Labute approximate surface area is 154 Å². The number of halogens is 2. The summed E-state index contributed by atoms with van der Waals surface area (Å²) in [6.07, 6.45) is 0.734. The maximum Gasteiger partial charge on any atom is 0.260 e. The second-order valence-corrected chi connectivity index (χ2v) is 7.24. The van der Waals surface area contributed by atoms with E-state index in [0.717, 1.165) is 13.0 Å². The van der Waals surface area contributed by atoms with Gasteiger partial charge in [-0.2, -0.15) is 0 Å². The molecule has 4 nitrogen and oxygen atoms in total. The van der Waals surface area contributed by atoms with Crippen molar-refractivity contribution in [1.82, 2.24) is 9.88 Å². The first-order valence-electron chi connectivity index (χ1n) is 8.22. The van der Waals surface area contributed by atoms with E-state index in [1.807, 2.05) is 19.0 Å². The SMILES string of the molecule is CN(C)CCCN(C(=O)c1cccc(F)c1)c1nc2ccc(F)cc2s1. The number of thiazole rings is 1. The molecule has 0 radical (unpaired) electrons. The molecule has 0 aliphatic heterocycles. The monoisotopic (exact) mass is 375 g/mol. The van der Waals surface area contributed by atoms with Crippen molar-refractivity contribution in [3.05, 3.63) is 59.7 Å². The Hall–Kier alpha value is -2.38. The maximum absolute atomic E-state index is 13.5. The van der Waals surface area contributed by atoms with Gasteiger partial charge in [-0.25, -0.2) is 13.8 Å².